The first-order valence-corrected chi connectivity index (χ1v) is 8.35. The lowest BCUT2D eigenvalue weighted by Gasteiger charge is -2.39. The van der Waals surface area contributed by atoms with Gasteiger partial charge in [0.25, 0.3) is 0 Å². The lowest BCUT2D eigenvalue weighted by molar-refractivity contribution is 0.0529. The highest BCUT2D eigenvalue weighted by molar-refractivity contribution is 5.91. The van der Waals surface area contributed by atoms with Gasteiger partial charge in [-0.1, -0.05) is 43.7 Å². The van der Waals surface area contributed by atoms with Crippen molar-refractivity contribution in [1.29, 1.82) is 0 Å². The number of piperidine rings is 1. The van der Waals surface area contributed by atoms with Crippen molar-refractivity contribution in [3.05, 3.63) is 35.9 Å². The van der Waals surface area contributed by atoms with E-state index in [0.717, 1.165) is 12.8 Å². The fourth-order valence-corrected chi connectivity index (χ4v) is 3.81. The Hall–Kier alpha value is -1.19. The van der Waals surface area contributed by atoms with Crippen LogP contribution >= 0.6 is 0 Å². The lowest BCUT2D eigenvalue weighted by Crippen LogP contribution is -2.46. The Bertz CT molecular complexity index is 485. The molecule has 3 heteroatoms. The summed E-state index contributed by atoms with van der Waals surface area (Å²) in [4.78, 5) is 7.47. The molecule has 2 heterocycles. The molecule has 3 nitrogen and oxygen atoms in total. The number of benzene rings is 1. The van der Waals surface area contributed by atoms with Gasteiger partial charge in [-0.3, -0.25) is 9.89 Å². The first kappa shape index (κ1) is 14.7. The highest BCUT2D eigenvalue weighted by Crippen LogP contribution is 2.38. The molecular weight excluding hydrogens is 260 g/mol. The summed E-state index contributed by atoms with van der Waals surface area (Å²) in [6.07, 6.45) is 7.45. The molecule has 0 aliphatic carbocycles. The first-order valence-electron chi connectivity index (χ1n) is 8.35. The molecule has 1 N–H and O–H groups in total. The molecule has 1 aromatic rings. The van der Waals surface area contributed by atoms with Gasteiger partial charge in [0.1, 0.15) is 6.17 Å². The molecule has 2 aliphatic rings. The number of rotatable bonds is 6. The molecular formula is C18H26N2O. The van der Waals surface area contributed by atoms with E-state index in [4.69, 9.17) is 4.99 Å². The van der Waals surface area contributed by atoms with Crippen LogP contribution in [0.3, 0.4) is 0 Å². The van der Waals surface area contributed by atoms with Crippen LogP contribution in [0.2, 0.25) is 0 Å². The average Bonchev–Trinajstić information content (AvgIpc) is 2.73. The summed E-state index contributed by atoms with van der Waals surface area (Å²) in [6.45, 7) is 2.41. The molecule has 0 amide bonds. The number of hydrogen-bond acceptors (Lipinski definition) is 3. The van der Waals surface area contributed by atoms with Crippen molar-refractivity contribution < 1.29 is 5.11 Å². The van der Waals surface area contributed by atoms with Crippen LogP contribution in [0.1, 0.15) is 57.1 Å². The van der Waals surface area contributed by atoms with Gasteiger partial charge in [0.15, 0.2) is 0 Å². The minimum atomic E-state index is 0.0874. The van der Waals surface area contributed by atoms with Gasteiger partial charge < -0.3 is 5.11 Å². The topological polar surface area (TPSA) is 35.8 Å². The summed E-state index contributed by atoms with van der Waals surface area (Å²) >= 11 is 0. The summed E-state index contributed by atoms with van der Waals surface area (Å²) in [5, 5.41) is 9.96. The maximum atomic E-state index is 9.96. The van der Waals surface area contributed by atoms with E-state index in [0.29, 0.717) is 6.04 Å². The van der Waals surface area contributed by atoms with Crippen LogP contribution in [0.5, 0.6) is 0 Å². The molecule has 0 spiro atoms. The standard InChI is InChI=1S/C18H26N2O/c1-2-3-10-15-16-11-7-12-18(19-15)20(16)17(13-21)14-8-5-4-6-9-14/h4-6,8-9,16-18,21H,2-3,7,10-13H2,1H3/t16-,17-,18+/m0/s1. The number of hydrogen-bond donors (Lipinski definition) is 1. The zero-order valence-electron chi connectivity index (χ0n) is 12.9. The first-order chi connectivity index (χ1) is 10.3. The Balaban J connectivity index is 1.82. The zero-order valence-corrected chi connectivity index (χ0v) is 12.9. The SMILES string of the molecule is CCCCC1=N[C@H]2CCC[C@@H]1N2[C@@H](CO)c1ccccc1. The van der Waals surface area contributed by atoms with E-state index in [1.165, 1.54) is 37.0 Å². The summed E-state index contributed by atoms with van der Waals surface area (Å²) in [7, 11) is 0. The second kappa shape index (κ2) is 6.71. The van der Waals surface area contributed by atoms with E-state index in [2.05, 4.69) is 36.1 Å². The smallest absolute Gasteiger partial charge is 0.103 e. The second-order valence-corrected chi connectivity index (χ2v) is 6.21. The third-order valence-electron chi connectivity index (χ3n) is 4.85. The minimum Gasteiger partial charge on any atom is -0.394 e. The van der Waals surface area contributed by atoms with Crippen LogP contribution < -0.4 is 0 Å². The largest absolute Gasteiger partial charge is 0.394 e. The summed E-state index contributed by atoms with van der Waals surface area (Å²) < 4.78 is 0. The van der Waals surface area contributed by atoms with Crippen LogP contribution in [0, 0.1) is 0 Å². The van der Waals surface area contributed by atoms with Gasteiger partial charge in [-0.2, -0.15) is 0 Å². The quantitative estimate of drug-likeness (QED) is 0.868. The fourth-order valence-electron chi connectivity index (χ4n) is 3.81. The van der Waals surface area contributed by atoms with Gasteiger partial charge in [-0.25, -0.2) is 0 Å². The Morgan fingerprint density at radius 2 is 2.10 bits per heavy atom. The molecule has 114 valence electrons. The van der Waals surface area contributed by atoms with E-state index in [9.17, 15) is 5.11 Å². The molecule has 0 unspecified atom stereocenters. The van der Waals surface area contributed by atoms with Crippen molar-refractivity contribution >= 4 is 5.71 Å². The highest BCUT2D eigenvalue weighted by atomic mass is 16.3. The van der Waals surface area contributed by atoms with Gasteiger partial charge in [-0.05, 0) is 37.7 Å². The maximum absolute atomic E-state index is 9.96. The van der Waals surface area contributed by atoms with Crippen LogP contribution in [0.15, 0.2) is 35.3 Å². The predicted molar refractivity (Wildman–Crippen MR) is 86.5 cm³/mol. The Labute approximate surface area is 127 Å². The van der Waals surface area contributed by atoms with Gasteiger partial charge >= 0.3 is 0 Å². The number of aliphatic hydroxyl groups excluding tert-OH is 1. The minimum absolute atomic E-state index is 0.0874. The summed E-state index contributed by atoms with van der Waals surface area (Å²) in [5.74, 6) is 0. The van der Waals surface area contributed by atoms with Crippen molar-refractivity contribution in [2.24, 2.45) is 4.99 Å². The Morgan fingerprint density at radius 3 is 2.81 bits per heavy atom. The van der Waals surface area contributed by atoms with Gasteiger partial charge in [0, 0.05) is 5.71 Å². The third kappa shape index (κ3) is 2.90. The Morgan fingerprint density at radius 1 is 1.29 bits per heavy atom. The molecule has 1 aromatic carbocycles. The number of aliphatic hydroxyl groups is 1. The second-order valence-electron chi connectivity index (χ2n) is 6.21. The number of nitrogens with zero attached hydrogens (tertiary/aromatic N) is 2. The average molecular weight is 286 g/mol. The van der Waals surface area contributed by atoms with Crippen molar-refractivity contribution in [3.8, 4) is 0 Å². The number of fused-ring (bicyclic) bond motifs is 2. The molecule has 2 aliphatic heterocycles. The number of aliphatic imine (C=N–C) groups is 1. The van der Waals surface area contributed by atoms with Gasteiger partial charge in [0.05, 0.1) is 18.7 Å². The normalized spacial score (nSPS) is 26.7. The molecule has 2 bridgehead atoms. The summed E-state index contributed by atoms with van der Waals surface area (Å²) in [5.41, 5.74) is 2.59. The molecule has 0 saturated carbocycles. The van der Waals surface area contributed by atoms with E-state index in [1.54, 1.807) is 0 Å². The van der Waals surface area contributed by atoms with Crippen molar-refractivity contribution in [2.75, 3.05) is 6.61 Å². The predicted octanol–water partition coefficient (Wildman–Crippen LogP) is 3.55. The zero-order chi connectivity index (χ0) is 14.7. The Kier molecular flexibility index (Phi) is 4.71. The highest BCUT2D eigenvalue weighted by Gasteiger charge is 2.42. The summed E-state index contributed by atoms with van der Waals surface area (Å²) in [6, 6.07) is 10.9. The van der Waals surface area contributed by atoms with Crippen LogP contribution in [-0.4, -0.2) is 34.5 Å². The van der Waals surface area contributed by atoms with E-state index < -0.39 is 0 Å². The van der Waals surface area contributed by atoms with E-state index in [1.807, 2.05) is 6.07 Å². The van der Waals surface area contributed by atoms with Gasteiger partial charge in [0.2, 0.25) is 0 Å². The molecule has 1 fully saturated rings. The van der Waals surface area contributed by atoms with Crippen molar-refractivity contribution in [3.63, 3.8) is 0 Å². The molecule has 1 saturated heterocycles. The molecule has 3 rings (SSSR count). The van der Waals surface area contributed by atoms with E-state index in [-0.39, 0.29) is 18.8 Å². The monoisotopic (exact) mass is 286 g/mol. The molecule has 3 atom stereocenters. The van der Waals surface area contributed by atoms with Crippen molar-refractivity contribution in [2.45, 2.75) is 63.7 Å². The van der Waals surface area contributed by atoms with E-state index >= 15 is 0 Å². The maximum Gasteiger partial charge on any atom is 0.103 e. The van der Waals surface area contributed by atoms with Gasteiger partial charge in [-0.15, -0.1) is 0 Å². The molecule has 0 radical (unpaired) electrons. The third-order valence-corrected chi connectivity index (χ3v) is 4.85. The lowest BCUT2D eigenvalue weighted by atomic mass is 9.93. The van der Waals surface area contributed by atoms with Crippen LogP contribution in [0.4, 0.5) is 0 Å². The molecule has 0 aromatic heterocycles. The van der Waals surface area contributed by atoms with Crippen LogP contribution in [0.25, 0.3) is 0 Å². The number of unbranched alkanes of at least 4 members (excludes halogenated alkanes) is 1. The van der Waals surface area contributed by atoms with Crippen LogP contribution in [-0.2, 0) is 0 Å². The molecule has 21 heavy (non-hydrogen) atoms. The fraction of sp³-hybridized carbons (Fsp3) is 0.611. The van der Waals surface area contributed by atoms with Crippen molar-refractivity contribution in [1.82, 2.24) is 4.90 Å².